The molecule has 0 bridgehead atoms. The number of aromatic nitrogens is 4. The van der Waals surface area contributed by atoms with Gasteiger partial charge in [-0.05, 0) is 26.8 Å². The number of aromatic amines is 1. The monoisotopic (exact) mass is 458 g/mol. The largest absolute Gasteiger partial charge is 0.486 e. The molecule has 0 aliphatic carbocycles. The molecular weight excluding hydrogens is 432 g/mol. The number of pyridine rings is 1. The van der Waals surface area contributed by atoms with Gasteiger partial charge in [0.2, 0.25) is 0 Å². The van der Waals surface area contributed by atoms with Crippen molar-refractivity contribution >= 4 is 32.4 Å². The zero-order valence-corrected chi connectivity index (χ0v) is 19.2. The third-order valence-electron chi connectivity index (χ3n) is 6.41. The molecule has 32 heavy (non-hydrogen) atoms. The number of nitrogen functional groups attached to an aromatic ring is 1. The van der Waals surface area contributed by atoms with Gasteiger partial charge in [-0.15, -0.1) is 0 Å². The van der Waals surface area contributed by atoms with Crippen LogP contribution in [0.2, 0.25) is 0 Å². The fraction of sp³-hybridized carbons (Fsp3) is 0.476. The number of anilines is 2. The zero-order chi connectivity index (χ0) is 22.8. The summed E-state index contributed by atoms with van der Waals surface area (Å²) in [5.74, 6) is 1.53. The Labute approximate surface area is 186 Å². The lowest BCUT2D eigenvalue weighted by Crippen LogP contribution is -2.56. The first kappa shape index (κ1) is 21.0. The van der Waals surface area contributed by atoms with Crippen molar-refractivity contribution in [1.29, 1.82) is 0 Å². The molecule has 2 atom stereocenters. The summed E-state index contributed by atoms with van der Waals surface area (Å²) >= 11 is 0. The summed E-state index contributed by atoms with van der Waals surface area (Å²) in [5.41, 5.74) is 7.92. The predicted molar refractivity (Wildman–Crippen MR) is 121 cm³/mol. The second kappa shape index (κ2) is 7.04. The highest BCUT2D eigenvalue weighted by Gasteiger charge is 2.44. The molecule has 2 aliphatic rings. The molecule has 5 rings (SSSR count). The summed E-state index contributed by atoms with van der Waals surface area (Å²) in [5, 5.41) is 0.809. The molecular formula is C21H26N6O4S. The first-order valence-corrected chi connectivity index (χ1v) is 12.3. The van der Waals surface area contributed by atoms with Gasteiger partial charge in [0.05, 0.1) is 42.6 Å². The number of nitrogens with two attached hydrogens (primary N) is 1. The first-order valence-electron chi connectivity index (χ1n) is 10.4. The minimum absolute atomic E-state index is 0.0262. The lowest BCUT2D eigenvalue weighted by Gasteiger charge is -2.45. The third kappa shape index (κ3) is 3.02. The molecule has 11 heteroatoms. The number of rotatable bonds is 3. The van der Waals surface area contributed by atoms with E-state index in [-0.39, 0.29) is 17.9 Å². The summed E-state index contributed by atoms with van der Waals surface area (Å²) < 4.78 is 36.0. The molecule has 2 aliphatic heterocycles. The van der Waals surface area contributed by atoms with E-state index in [2.05, 4.69) is 14.9 Å². The number of nitrogens with zero attached hydrogens (tertiary/aromatic N) is 4. The van der Waals surface area contributed by atoms with Gasteiger partial charge >= 0.3 is 0 Å². The van der Waals surface area contributed by atoms with Crippen molar-refractivity contribution in [3.05, 3.63) is 24.2 Å². The first-order chi connectivity index (χ1) is 15.1. The maximum absolute atomic E-state index is 12.8. The van der Waals surface area contributed by atoms with Gasteiger partial charge in [-0.25, -0.2) is 23.4 Å². The van der Waals surface area contributed by atoms with Crippen LogP contribution in [0.3, 0.4) is 0 Å². The lowest BCUT2D eigenvalue weighted by molar-refractivity contribution is 0.0482. The van der Waals surface area contributed by atoms with Crippen LogP contribution in [0.15, 0.2) is 18.5 Å². The third-order valence-corrected chi connectivity index (χ3v) is 8.46. The van der Waals surface area contributed by atoms with Gasteiger partial charge in [0.25, 0.3) is 0 Å². The molecule has 0 spiro atoms. The van der Waals surface area contributed by atoms with E-state index in [4.69, 9.17) is 25.2 Å². The number of hydrogen-bond acceptors (Lipinski definition) is 9. The molecule has 10 nitrogen and oxygen atoms in total. The van der Waals surface area contributed by atoms with E-state index >= 15 is 0 Å². The number of nitrogens with one attached hydrogen (secondary N) is 1. The highest BCUT2D eigenvalue weighted by molar-refractivity contribution is 7.91. The second-order valence-electron chi connectivity index (χ2n) is 8.91. The minimum Gasteiger partial charge on any atom is -0.486 e. The fourth-order valence-corrected chi connectivity index (χ4v) is 4.80. The van der Waals surface area contributed by atoms with Crippen molar-refractivity contribution in [3.63, 3.8) is 0 Å². The smallest absolute Gasteiger partial charge is 0.185 e. The fourth-order valence-electron chi connectivity index (χ4n) is 4.31. The number of morpholine rings is 1. The Balaban J connectivity index is 1.84. The molecule has 1 fully saturated rings. The van der Waals surface area contributed by atoms with E-state index in [0.29, 0.717) is 48.5 Å². The van der Waals surface area contributed by atoms with Crippen molar-refractivity contribution in [1.82, 2.24) is 19.9 Å². The van der Waals surface area contributed by atoms with Crippen LogP contribution < -0.4 is 15.4 Å². The van der Waals surface area contributed by atoms with E-state index in [1.54, 1.807) is 26.2 Å². The highest BCUT2D eigenvalue weighted by atomic mass is 32.2. The number of sulfone groups is 1. The molecule has 1 saturated heterocycles. The standard InChI is InChI=1S/C21H26N6O4S/c1-11-8-30-9-12-10-31-16-17(21(2,3)32(4,28)29)25-19(26-20(16)27(11)12)15-13-5-6-23-14(13)7-24-18(15)22/h5-7,11-12,23H,8-10H2,1-4H3,(H2,22,24)/t11-,12+/m1/s1. The van der Waals surface area contributed by atoms with Crippen LogP contribution >= 0.6 is 0 Å². The molecule has 0 aromatic carbocycles. The summed E-state index contributed by atoms with van der Waals surface area (Å²) in [6.45, 7) is 6.72. The van der Waals surface area contributed by atoms with E-state index in [1.807, 2.05) is 13.0 Å². The van der Waals surface area contributed by atoms with Crippen LogP contribution in [0, 0.1) is 0 Å². The molecule has 0 unspecified atom stereocenters. The maximum atomic E-state index is 12.8. The molecule has 0 amide bonds. The van der Waals surface area contributed by atoms with Gasteiger partial charge in [-0.3, -0.25) is 0 Å². The Morgan fingerprint density at radius 1 is 1.25 bits per heavy atom. The van der Waals surface area contributed by atoms with Crippen molar-refractivity contribution in [2.45, 2.75) is 37.6 Å². The van der Waals surface area contributed by atoms with Crippen LogP contribution in [-0.2, 0) is 19.3 Å². The van der Waals surface area contributed by atoms with Crippen molar-refractivity contribution in [2.24, 2.45) is 0 Å². The zero-order valence-electron chi connectivity index (χ0n) is 18.4. The molecule has 3 aromatic rings. The van der Waals surface area contributed by atoms with Gasteiger partial charge in [0, 0.05) is 17.8 Å². The molecule has 3 N–H and O–H groups in total. The van der Waals surface area contributed by atoms with Crippen molar-refractivity contribution < 1.29 is 17.9 Å². The number of ether oxygens (including phenoxy) is 2. The van der Waals surface area contributed by atoms with Crippen LogP contribution in [0.25, 0.3) is 22.3 Å². The van der Waals surface area contributed by atoms with Crippen molar-refractivity contribution in [2.75, 3.05) is 36.7 Å². The lowest BCUT2D eigenvalue weighted by atomic mass is 10.0. The highest BCUT2D eigenvalue weighted by Crippen LogP contribution is 2.45. The summed E-state index contributed by atoms with van der Waals surface area (Å²) in [4.78, 5) is 19.2. The summed E-state index contributed by atoms with van der Waals surface area (Å²) in [7, 11) is -3.54. The van der Waals surface area contributed by atoms with Gasteiger partial charge in [0.15, 0.2) is 27.2 Å². The van der Waals surface area contributed by atoms with Crippen LogP contribution in [0.5, 0.6) is 5.75 Å². The quantitative estimate of drug-likeness (QED) is 0.602. The Hall–Kier alpha value is -2.92. The minimum atomic E-state index is -3.54. The number of hydrogen-bond donors (Lipinski definition) is 2. The van der Waals surface area contributed by atoms with Gasteiger partial charge < -0.3 is 25.1 Å². The Kier molecular flexibility index (Phi) is 4.61. The van der Waals surface area contributed by atoms with Crippen LogP contribution in [0.1, 0.15) is 26.5 Å². The SMILES string of the molecule is C[C@@H]1COC[C@H]2COc3c(nc(-c4c(N)ncc5[nH]ccc45)nc3C(C)(C)S(C)(=O)=O)N21. The Bertz CT molecular complexity index is 1320. The normalized spacial score (nSPS) is 21.2. The van der Waals surface area contributed by atoms with Crippen LogP contribution in [0.4, 0.5) is 11.6 Å². The summed E-state index contributed by atoms with van der Waals surface area (Å²) in [6.07, 6.45) is 4.64. The van der Waals surface area contributed by atoms with E-state index in [9.17, 15) is 8.42 Å². The van der Waals surface area contributed by atoms with Gasteiger partial charge in [-0.2, -0.15) is 0 Å². The molecule has 3 aromatic heterocycles. The molecule has 0 radical (unpaired) electrons. The number of fused-ring (bicyclic) bond motifs is 4. The summed E-state index contributed by atoms with van der Waals surface area (Å²) in [6, 6.07) is 1.89. The topological polar surface area (TPSA) is 136 Å². The molecule has 0 saturated carbocycles. The van der Waals surface area contributed by atoms with E-state index in [1.165, 1.54) is 6.26 Å². The van der Waals surface area contributed by atoms with Crippen LogP contribution in [-0.4, -0.2) is 66.5 Å². The van der Waals surface area contributed by atoms with Crippen molar-refractivity contribution in [3.8, 4) is 17.1 Å². The predicted octanol–water partition coefficient (Wildman–Crippen LogP) is 1.87. The average molecular weight is 459 g/mol. The van der Waals surface area contributed by atoms with Gasteiger partial charge in [-0.1, -0.05) is 0 Å². The number of H-pyrrole nitrogens is 1. The molecule has 170 valence electrons. The average Bonchev–Trinajstić information content (AvgIpc) is 3.20. The maximum Gasteiger partial charge on any atom is 0.185 e. The Morgan fingerprint density at radius 2 is 2.03 bits per heavy atom. The molecule has 5 heterocycles. The van der Waals surface area contributed by atoms with E-state index < -0.39 is 14.6 Å². The van der Waals surface area contributed by atoms with E-state index in [0.717, 1.165) is 10.9 Å². The Morgan fingerprint density at radius 3 is 2.78 bits per heavy atom. The second-order valence-corrected chi connectivity index (χ2v) is 11.5. The van der Waals surface area contributed by atoms with Gasteiger partial charge in [0.1, 0.15) is 22.9 Å².